The molecule has 4 aromatic rings. The van der Waals surface area contributed by atoms with Crippen LogP contribution in [0.25, 0.3) is 11.4 Å². The number of tetrazole rings is 1. The molecular weight excluding hydrogens is 458 g/mol. The van der Waals surface area contributed by atoms with E-state index in [1.807, 2.05) is 30.3 Å². The van der Waals surface area contributed by atoms with Gasteiger partial charge in [0, 0.05) is 26.0 Å². The number of hydrogen-bond acceptors (Lipinski definition) is 9. The quantitative estimate of drug-likeness (QED) is 0.299. The number of aliphatic hydroxyl groups excluding tert-OH is 1. The Kier molecular flexibility index (Phi) is 6.95. The number of aromatic amines is 1. The minimum absolute atomic E-state index is 0.167. The monoisotopic (exact) mass is 479 g/mol. The van der Waals surface area contributed by atoms with E-state index in [1.165, 1.54) is 4.90 Å². The molecule has 2 aromatic carbocycles. The highest BCUT2D eigenvalue weighted by Crippen LogP contribution is 2.29. The van der Waals surface area contributed by atoms with E-state index in [0.717, 1.165) is 5.56 Å². The minimum atomic E-state index is -0.430. The van der Waals surface area contributed by atoms with Crippen LogP contribution < -0.4 is 10.6 Å². The molecule has 0 aliphatic rings. The second-order valence-corrected chi connectivity index (χ2v) is 7.91. The van der Waals surface area contributed by atoms with Crippen molar-refractivity contribution in [1.82, 2.24) is 35.5 Å². The lowest BCUT2D eigenvalue weighted by molar-refractivity contribution is 0.0828. The first kappa shape index (κ1) is 23.1. The number of anilines is 3. The lowest BCUT2D eigenvalue weighted by Crippen LogP contribution is -2.22. The largest absolute Gasteiger partial charge is 0.394 e. The summed E-state index contributed by atoms with van der Waals surface area (Å²) in [6, 6.07) is 14.0. The summed E-state index contributed by atoms with van der Waals surface area (Å²) in [6.07, 6.45) is 1.55. The summed E-state index contributed by atoms with van der Waals surface area (Å²) in [5.74, 6) is 0.766. The van der Waals surface area contributed by atoms with Gasteiger partial charge >= 0.3 is 0 Å². The topological polar surface area (TPSA) is 145 Å². The van der Waals surface area contributed by atoms with Gasteiger partial charge in [-0.05, 0) is 29.0 Å². The third-order valence-corrected chi connectivity index (χ3v) is 5.24. The van der Waals surface area contributed by atoms with Crippen molar-refractivity contribution in [2.45, 2.75) is 6.04 Å². The van der Waals surface area contributed by atoms with Crippen molar-refractivity contribution in [2.24, 2.45) is 0 Å². The molecule has 1 atom stereocenters. The van der Waals surface area contributed by atoms with Crippen LogP contribution in [-0.2, 0) is 0 Å². The smallest absolute Gasteiger partial charge is 0.254 e. The number of aliphatic hydroxyl groups is 1. The van der Waals surface area contributed by atoms with Crippen molar-refractivity contribution < 1.29 is 9.90 Å². The number of halogens is 1. The number of nitrogens with one attached hydrogen (secondary N) is 3. The Morgan fingerprint density at radius 3 is 2.65 bits per heavy atom. The van der Waals surface area contributed by atoms with Crippen LogP contribution in [0.15, 0.2) is 54.7 Å². The Morgan fingerprint density at radius 1 is 1.21 bits per heavy atom. The maximum atomic E-state index is 12.2. The standard InChI is InChI=1S/C22H22ClN9O2/c1-32(2)21(34)15-9-8-14(10-17(15)23)25-22-24-11-16(20-28-30-31-29-20)19(27-22)26-18(12-33)13-6-4-3-5-7-13/h3-11,18,33H,12H2,1-2H3,(H2,24,25,26,27)(H,28,29,30,31)/t18-/m1/s1. The summed E-state index contributed by atoms with van der Waals surface area (Å²) in [5, 5.41) is 30.7. The molecule has 0 saturated carbocycles. The Bertz CT molecular complexity index is 1270. The molecule has 0 bridgehead atoms. The molecule has 0 fully saturated rings. The van der Waals surface area contributed by atoms with E-state index in [-0.39, 0.29) is 18.5 Å². The zero-order valence-electron chi connectivity index (χ0n) is 18.4. The van der Waals surface area contributed by atoms with Crippen LogP contribution in [0.4, 0.5) is 17.5 Å². The fourth-order valence-corrected chi connectivity index (χ4v) is 3.47. The normalized spacial score (nSPS) is 11.6. The second kappa shape index (κ2) is 10.2. The number of carbonyl (C=O) groups excluding carboxylic acids is 1. The zero-order chi connectivity index (χ0) is 24.1. The number of rotatable bonds is 8. The van der Waals surface area contributed by atoms with Crippen molar-refractivity contribution in [3.63, 3.8) is 0 Å². The Morgan fingerprint density at radius 2 is 2.00 bits per heavy atom. The van der Waals surface area contributed by atoms with E-state index in [4.69, 9.17) is 11.6 Å². The average Bonchev–Trinajstić information content (AvgIpc) is 3.37. The summed E-state index contributed by atoms with van der Waals surface area (Å²) < 4.78 is 0. The molecule has 0 unspecified atom stereocenters. The van der Waals surface area contributed by atoms with Crippen LogP contribution in [0.3, 0.4) is 0 Å². The predicted molar refractivity (Wildman–Crippen MR) is 128 cm³/mol. The van der Waals surface area contributed by atoms with Crippen LogP contribution in [0.2, 0.25) is 5.02 Å². The molecule has 174 valence electrons. The molecule has 34 heavy (non-hydrogen) atoms. The van der Waals surface area contributed by atoms with Gasteiger partial charge in [0.1, 0.15) is 5.82 Å². The Labute approximate surface area is 200 Å². The molecule has 2 heterocycles. The first-order valence-electron chi connectivity index (χ1n) is 10.3. The number of benzene rings is 2. The maximum absolute atomic E-state index is 12.2. The van der Waals surface area contributed by atoms with Crippen LogP contribution in [0, 0.1) is 0 Å². The van der Waals surface area contributed by atoms with Gasteiger partial charge in [0.15, 0.2) is 0 Å². The van der Waals surface area contributed by atoms with Crippen molar-refractivity contribution in [3.05, 3.63) is 70.9 Å². The van der Waals surface area contributed by atoms with Gasteiger partial charge in [-0.25, -0.2) is 4.98 Å². The minimum Gasteiger partial charge on any atom is -0.394 e. The number of nitrogens with zero attached hydrogens (tertiary/aromatic N) is 6. The third-order valence-electron chi connectivity index (χ3n) is 4.93. The third kappa shape index (κ3) is 5.11. The first-order chi connectivity index (χ1) is 16.5. The van der Waals surface area contributed by atoms with Crippen molar-refractivity contribution >= 4 is 35.0 Å². The molecule has 0 radical (unpaired) electrons. The fraction of sp³-hybridized carbons (Fsp3) is 0.182. The lowest BCUT2D eigenvalue weighted by Gasteiger charge is -2.19. The summed E-state index contributed by atoms with van der Waals surface area (Å²) in [4.78, 5) is 22.6. The van der Waals surface area contributed by atoms with Crippen molar-refractivity contribution in [1.29, 1.82) is 0 Å². The lowest BCUT2D eigenvalue weighted by atomic mass is 10.1. The molecule has 0 saturated heterocycles. The van der Waals surface area contributed by atoms with Gasteiger partial charge in [-0.3, -0.25) is 4.79 Å². The second-order valence-electron chi connectivity index (χ2n) is 7.50. The number of hydrogen-bond donors (Lipinski definition) is 4. The summed E-state index contributed by atoms with van der Waals surface area (Å²) >= 11 is 6.32. The summed E-state index contributed by atoms with van der Waals surface area (Å²) in [7, 11) is 3.32. The van der Waals surface area contributed by atoms with Gasteiger partial charge in [-0.1, -0.05) is 41.9 Å². The molecule has 12 heteroatoms. The number of aromatic nitrogens is 6. The molecular formula is C22H22ClN9O2. The van der Waals surface area contributed by atoms with Crippen LogP contribution >= 0.6 is 11.6 Å². The van der Waals surface area contributed by atoms with Crippen LogP contribution in [0.5, 0.6) is 0 Å². The SMILES string of the molecule is CN(C)C(=O)c1ccc(Nc2ncc(-c3nn[nH]n3)c(N[C@H](CO)c3ccccc3)n2)cc1Cl. The number of amides is 1. The molecule has 4 N–H and O–H groups in total. The van der Waals surface area contributed by atoms with E-state index >= 15 is 0 Å². The van der Waals surface area contributed by atoms with E-state index in [9.17, 15) is 9.90 Å². The average molecular weight is 480 g/mol. The molecule has 0 spiro atoms. The van der Waals surface area contributed by atoms with Crippen molar-refractivity contribution in [3.8, 4) is 11.4 Å². The number of carbonyl (C=O) groups is 1. The van der Waals surface area contributed by atoms with Crippen LogP contribution in [0.1, 0.15) is 22.0 Å². The van der Waals surface area contributed by atoms with Gasteiger partial charge in [-0.15, -0.1) is 10.2 Å². The molecule has 0 aliphatic carbocycles. The van der Waals surface area contributed by atoms with E-state index < -0.39 is 6.04 Å². The predicted octanol–water partition coefficient (Wildman–Crippen LogP) is 2.90. The van der Waals surface area contributed by atoms with Crippen molar-refractivity contribution in [2.75, 3.05) is 31.3 Å². The van der Waals surface area contributed by atoms with Gasteiger partial charge in [-0.2, -0.15) is 10.2 Å². The highest BCUT2D eigenvalue weighted by Gasteiger charge is 2.19. The first-order valence-corrected chi connectivity index (χ1v) is 10.7. The van der Waals surface area contributed by atoms with Gasteiger partial charge in [0.2, 0.25) is 11.8 Å². The van der Waals surface area contributed by atoms with Gasteiger partial charge in [0.25, 0.3) is 5.91 Å². The fourth-order valence-electron chi connectivity index (χ4n) is 3.21. The van der Waals surface area contributed by atoms with Gasteiger partial charge < -0.3 is 20.6 Å². The van der Waals surface area contributed by atoms with E-state index in [2.05, 4.69) is 41.2 Å². The summed E-state index contributed by atoms with van der Waals surface area (Å²) in [6.45, 7) is -0.167. The highest BCUT2D eigenvalue weighted by molar-refractivity contribution is 6.34. The van der Waals surface area contributed by atoms with E-state index in [1.54, 1.807) is 38.5 Å². The van der Waals surface area contributed by atoms with Crippen LogP contribution in [-0.4, -0.2) is 67.2 Å². The molecule has 4 rings (SSSR count). The molecule has 0 aliphatic heterocycles. The Balaban J connectivity index is 1.65. The summed E-state index contributed by atoms with van der Waals surface area (Å²) in [5.41, 5.74) is 2.37. The molecule has 1 amide bonds. The van der Waals surface area contributed by atoms with Gasteiger partial charge in [0.05, 0.1) is 28.8 Å². The zero-order valence-corrected chi connectivity index (χ0v) is 19.2. The maximum Gasteiger partial charge on any atom is 0.254 e. The highest BCUT2D eigenvalue weighted by atomic mass is 35.5. The molecule has 11 nitrogen and oxygen atoms in total. The number of H-pyrrole nitrogens is 1. The molecule has 2 aromatic heterocycles. The van der Waals surface area contributed by atoms with E-state index in [0.29, 0.717) is 33.5 Å². The Hall–Kier alpha value is -4.09.